The zero-order chi connectivity index (χ0) is 25.1. The monoisotopic (exact) mass is 503 g/mol. The molecule has 3 aromatic rings. The number of hydrogen-bond donors (Lipinski definition) is 0. The Labute approximate surface area is 206 Å². The number of hydrogen-bond acceptors (Lipinski definition) is 7. The van der Waals surface area contributed by atoms with Crippen molar-refractivity contribution in [3.8, 4) is 0 Å². The van der Waals surface area contributed by atoms with Crippen molar-refractivity contribution in [1.29, 1.82) is 0 Å². The lowest BCUT2D eigenvalue weighted by Crippen LogP contribution is -2.34. The van der Waals surface area contributed by atoms with Crippen molar-refractivity contribution in [2.75, 3.05) is 42.6 Å². The third kappa shape index (κ3) is 5.43. The van der Waals surface area contributed by atoms with Crippen molar-refractivity contribution in [1.82, 2.24) is 24.7 Å². The summed E-state index contributed by atoms with van der Waals surface area (Å²) in [6, 6.07) is 3.64. The Morgan fingerprint density at radius 2 is 1.81 bits per heavy atom. The van der Waals surface area contributed by atoms with Crippen LogP contribution < -0.4 is 9.80 Å². The van der Waals surface area contributed by atoms with Crippen molar-refractivity contribution in [2.24, 2.45) is 5.92 Å². The van der Waals surface area contributed by atoms with Crippen LogP contribution in [0.3, 0.4) is 0 Å². The summed E-state index contributed by atoms with van der Waals surface area (Å²) in [5.41, 5.74) is 0.420. The molecule has 1 amide bonds. The van der Waals surface area contributed by atoms with Gasteiger partial charge in [0.05, 0.1) is 12.4 Å². The first-order chi connectivity index (χ1) is 17.4. The maximum Gasteiger partial charge on any atom is 0.433 e. The van der Waals surface area contributed by atoms with Crippen LogP contribution in [-0.4, -0.2) is 63.5 Å². The molecule has 0 N–H and O–H groups in total. The molecule has 192 valence electrons. The van der Waals surface area contributed by atoms with Crippen molar-refractivity contribution in [3.05, 3.63) is 36.3 Å². The van der Waals surface area contributed by atoms with Crippen LogP contribution in [0, 0.1) is 5.92 Å². The third-order valence-corrected chi connectivity index (χ3v) is 6.69. The van der Waals surface area contributed by atoms with E-state index in [-0.39, 0.29) is 18.1 Å². The van der Waals surface area contributed by atoms with Gasteiger partial charge in [0.25, 0.3) is 0 Å². The van der Waals surface area contributed by atoms with E-state index in [1.807, 2.05) is 9.58 Å². The van der Waals surface area contributed by atoms with Gasteiger partial charge in [0.1, 0.15) is 22.8 Å². The van der Waals surface area contributed by atoms with Crippen LogP contribution in [0.2, 0.25) is 0 Å². The Kier molecular flexibility index (Phi) is 7.04. The standard InChI is InChI=1S/C24H28F3N7O2/c25-24(26,27)19-4-3-5-20(30-19)33-10-2-1-9-32(11-6-22(33)35)21-15-28-18-14-29-34(23(18)31-21)16-17-7-12-36-13-8-17/h3-5,14-15,17H,1-2,6-13,16H2. The van der Waals surface area contributed by atoms with Crippen LogP contribution in [0.25, 0.3) is 11.2 Å². The molecule has 0 unspecified atom stereocenters. The molecule has 12 heteroatoms. The summed E-state index contributed by atoms with van der Waals surface area (Å²) in [4.78, 5) is 29.5. The number of fused-ring (bicyclic) bond motifs is 1. The van der Waals surface area contributed by atoms with Crippen molar-refractivity contribution < 1.29 is 22.7 Å². The first kappa shape index (κ1) is 24.4. The molecule has 2 fully saturated rings. The van der Waals surface area contributed by atoms with Gasteiger partial charge in [0.15, 0.2) is 5.65 Å². The minimum Gasteiger partial charge on any atom is -0.381 e. The number of nitrogens with zero attached hydrogens (tertiary/aromatic N) is 7. The summed E-state index contributed by atoms with van der Waals surface area (Å²) >= 11 is 0. The summed E-state index contributed by atoms with van der Waals surface area (Å²) in [6.07, 6.45) is 2.30. The first-order valence-electron chi connectivity index (χ1n) is 12.2. The molecule has 0 aromatic carbocycles. The number of carbonyl (C=O) groups excluding carboxylic acids is 1. The molecular formula is C24H28F3N7O2. The van der Waals surface area contributed by atoms with Crippen LogP contribution in [-0.2, 0) is 22.3 Å². The van der Waals surface area contributed by atoms with E-state index in [9.17, 15) is 18.0 Å². The summed E-state index contributed by atoms with van der Waals surface area (Å²) in [5.74, 6) is 0.897. The van der Waals surface area contributed by atoms with E-state index in [4.69, 9.17) is 9.72 Å². The number of pyridine rings is 1. The fraction of sp³-hybridized carbons (Fsp3) is 0.542. The van der Waals surface area contributed by atoms with Crippen LogP contribution >= 0.6 is 0 Å². The number of alkyl halides is 3. The van der Waals surface area contributed by atoms with E-state index < -0.39 is 11.9 Å². The van der Waals surface area contributed by atoms with Gasteiger partial charge in [0.2, 0.25) is 5.91 Å². The van der Waals surface area contributed by atoms with Gasteiger partial charge in [-0.05, 0) is 43.7 Å². The van der Waals surface area contributed by atoms with E-state index in [1.165, 1.54) is 17.0 Å². The van der Waals surface area contributed by atoms with Gasteiger partial charge in [-0.3, -0.25) is 9.69 Å². The summed E-state index contributed by atoms with van der Waals surface area (Å²) in [7, 11) is 0. The van der Waals surface area contributed by atoms with Gasteiger partial charge in [-0.2, -0.15) is 18.3 Å². The number of amides is 1. The van der Waals surface area contributed by atoms with Crippen LogP contribution in [0.5, 0.6) is 0 Å². The average Bonchev–Trinajstić information content (AvgIpc) is 3.30. The maximum absolute atomic E-state index is 13.1. The molecular weight excluding hydrogens is 475 g/mol. The minimum atomic E-state index is -4.57. The highest BCUT2D eigenvalue weighted by Crippen LogP contribution is 2.29. The molecule has 2 saturated heterocycles. The molecule has 0 saturated carbocycles. The number of aromatic nitrogens is 5. The second-order valence-electron chi connectivity index (χ2n) is 9.19. The second-order valence-corrected chi connectivity index (χ2v) is 9.19. The fourth-order valence-corrected chi connectivity index (χ4v) is 4.68. The summed E-state index contributed by atoms with van der Waals surface area (Å²) < 4.78 is 46.7. The predicted octanol–water partition coefficient (Wildman–Crippen LogP) is 3.69. The van der Waals surface area contributed by atoms with Crippen LogP contribution in [0.4, 0.5) is 24.8 Å². The van der Waals surface area contributed by atoms with Crippen molar-refractivity contribution >= 4 is 28.7 Å². The maximum atomic E-state index is 13.1. The van der Waals surface area contributed by atoms with Gasteiger partial charge < -0.3 is 9.64 Å². The van der Waals surface area contributed by atoms with Gasteiger partial charge in [-0.15, -0.1) is 0 Å². The molecule has 2 aliphatic rings. The minimum absolute atomic E-state index is 0.0292. The largest absolute Gasteiger partial charge is 0.433 e. The quantitative estimate of drug-likeness (QED) is 0.537. The van der Waals surface area contributed by atoms with E-state index >= 15 is 0 Å². The molecule has 5 heterocycles. The number of halogens is 3. The molecule has 5 rings (SSSR count). The van der Waals surface area contributed by atoms with E-state index in [2.05, 4.69) is 15.1 Å². The number of rotatable bonds is 4. The van der Waals surface area contributed by atoms with Crippen molar-refractivity contribution in [3.63, 3.8) is 0 Å². The Morgan fingerprint density at radius 1 is 1.00 bits per heavy atom. The van der Waals surface area contributed by atoms with E-state index in [0.29, 0.717) is 49.0 Å². The number of anilines is 2. The lowest BCUT2D eigenvalue weighted by atomic mass is 10.0. The fourth-order valence-electron chi connectivity index (χ4n) is 4.68. The Hall–Kier alpha value is -3.28. The predicted molar refractivity (Wildman–Crippen MR) is 127 cm³/mol. The summed E-state index contributed by atoms with van der Waals surface area (Å²) in [6.45, 7) is 3.62. The van der Waals surface area contributed by atoms with Gasteiger partial charge >= 0.3 is 6.18 Å². The average molecular weight is 504 g/mol. The van der Waals surface area contributed by atoms with Crippen LogP contribution in [0.15, 0.2) is 30.6 Å². The summed E-state index contributed by atoms with van der Waals surface area (Å²) in [5, 5.41) is 4.49. The SMILES string of the molecule is O=C1CCN(c2cnc3cnn(CC4CCOCC4)c3n2)CCCCN1c1cccc(C(F)(F)F)n1. The number of carbonyl (C=O) groups is 1. The molecule has 0 bridgehead atoms. The Bertz CT molecular complexity index is 1210. The third-order valence-electron chi connectivity index (χ3n) is 6.69. The Morgan fingerprint density at radius 3 is 2.61 bits per heavy atom. The zero-order valence-corrected chi connectivity index (χ0v) is 19.8. The van der Waals surface area contributed by atoms with E-state index in [0.717, 1.165) is 45.1 Å². The highest BCUT2D eigenvalue weighted by Gasteiger charge is 2.33. The molecule has 9 nitrogen and oxygen atoms in total. The van der Waals surface area contributed by atoms with E-state index in [1.54, 1.807) is 12.4 Å². The van der Waals surface area contributed by atoms with Gasteiger partial charge in [-0.1, -0.05) is 6.07 Å². The zero-order valence-electron chi connectivity index (χ0n) is 19.8. The number of ether oxygens (including phenoxy) is 1. The molecule has 0 aliphatic carbocycles. The molecule has 0 atom stereocenters. The van der Waals surface area contributed by atoms with Gasteiger partial charge in [0, 0.05) is 45.8 Å². The molecule has 2 aliphatic heterocycles. The Balaban J connectivity index is 1.32. The normalized spacial score (nSPS) is 18.8. The lowest BCUT2D eigenvalue weighted by Gasteiger charge is -2.24. The first-order valence-corrected chi connectivity index (χ1v) is 12.2. The topological polar surface area (TPSA) is 89.3 Å². The van der Waals surface area contributed by atoms with Crippen LogP contribution in [0.1, 0.15) is 37.8 Å². The highest BCUT2D eigenvalue weighted by atomic mass is 19.4. The van der Waals surface area contributed by atoms with Crippen molar-refractivity contribution in [2.45, 2.75) is 44.8 Å². The lowest BCUT2D eigenvalue weighted by molar-refractivity contribution is -0.141. The molecule has 0 radical (unpaired) electrons. The molecule has 3 aromatic heterocycles. The second kappa shape index (κ2) is 10.4. The highest BCUT2D eigenvalue weighted by molar-refractivity contribution is 5.92. The smallest absolute Gasteiger partial charge is 0.381 e. The molecule has 36 heavy (non-hydrogen) atoms. The van der Waals surface area contributed by atoms with Gasteiger partial charge in [-0.25, -0.2) is 19.6 Å². The molecule has 0 spiro atoms.